The van der Waals surface area contributed by atoms with Crippen molar-refractivity contribution in [3.8, 4) is 0 Å². The molecule has 14 nitrogen and oxygen atoms in total. The predicted octanol–water partition coefficient (Wildman–Crippen LogP) is -0.446. The number of para-hydroxylation sites is 1. The number of rotatable bonds is 10. The molecular formula is C24H25N7O7S. The van der Waals surface area contributed by atoms with E-state index in [1.54, 1.807) is 6.07 Å². The zero-order valence-corrected chi connectivity index (χ0v) is 21.3. The van der Waals surface area contributed by atoms with Gasteiger partial charge in [0.2, 0.25) is 5.91 Å². The van der Waals surface area contributed by atoms with Gasteiger partial charge in [0.25, 0.3) is 11.6 Å². The molecule has 0 aromatic heterocycles. The van der Waals surface area contributed by atoms with Gasteiger partial charge < -0.3 is 32.7 Å². The standard InChI is InChI=1S/C24H25N7O7S/c1-12(32)24(21(37)38,30(15-5-3-2-4-6-15)19(35)16(25)11-17(33)34)31-20(36)18(29-23(31)39)13-7-9-14(10-8-13)28-22(26)27/h2-10,16,18H,11,25H2,1H3,(H,29,39)(H,33,34)(H,37,38)(H4,26,27,28)/t16-,18?,24+/m0/s1. The lowest BCUT2D eigenvalue weighted by atomic mass is 9.96. The number of guanidine groups is 1. The van der Waals surface area contributed by atoms with E-state index in [-0.39, 0.29) is 11.6 Å². The highest BCUT2D eigenvalue weighted by molar-refractivity contribution is 7.80. The van der Waals surface area contributed by atoms with Crippen molar-refractivity contribution in [2.45, 2.75) is 31.1 Å². The number of benzene rings is 2. The highest BCUT2D eigenvalue weighted by Crippen LogP contribution is 2.36. The van der Waals surface area contributed by atoms with Crippen LogP contribution in [0.5, 0.6) is 0 Å². The maximum Gasteiger partial charge on any atom is 0.360 e. The number of hydrogen-bond acceptors (Lipinski definition) is 8. The molecule has 1 aliphatic heterocycles. The fourth-order valence-corrected chi connectivity index (χ4v) is 4.49. The molecule has 2 aromatic carbocycles. The number of carboxylic acids is 2. The number of anilines is 1. The number of carbonyl (C=O) groups is 5. The number of Topliss-reactive ketones (excluding diaryl/α,β-unsaturated/α-hetero) is 1. The fourth-order valence-electron chi connectivity index (χ4n) is 4.15. The normalized spacial score (nSPS) is 17.0. The van der Waals surface area contributed by atoms with Gasteiger partial charge in [0.1, 0.15) is 6.04 Å². The summed E-state index contributed by atoms with van der Waals surface area (Å²) in [5.74, 6) is -6.92. The van der Waals surface area contributed by atoms with E-state index in [4.69, 9.17) is 29.4 Å². The zero-order chi connectivity index (χ0) is 29.1. The molecular weight excluding hydrogens is 530 g/mol. The molecule has 0 saturated carbocycles. The lowest BCUT2D eigenvalue weighted by Crippen LogP contribution is -2.74. The summed E-state index contributed by atoms with van der Waals surface area (Å²) in [5, 5.41) is 21.9. The lowest BCUT2D eigenvalue weighted by Gasteiger charge is -2.44. The fraction of sp³-hybridized carbons (Fsp3) is 0.208. The molecule has 0 bridgehead atoms. The number of nitrogens with zero attached hydrogens (tertiary/aromatic N) is 3. The molecule has 15 heteroatoms. The van der Waals surface area contributed by atoms with Crippen molar-refractivity contribution in [3.05, 3.63) is 60.2 Å². The summed E-state index contributed by atoms with van der Waals surface area (Å²) in [5.41, 5.74) is 14.1. The SMILES string of the molecule is CC(=O)[C@](C(=O)O)(N1C(=O)C(c2ccc(N=C(N)N)cc2)NC1=S)N(C(=O)[C@@H](N)CC(=O)O)c1ccccc1. The predicted molar refractivity (Wildman–Crippen MR) is 142 cm³/mol. The van der Waals surface area contributed by atoms with Crippen molar-refractivity contribution in [1.82, 2.24) is 10.2 Å². The van der Waals surface area contributed by atoms with Crippen molar-refractivity contribution in [1.29, 1.82) is 0 Å². The number of hydrogen-bond donors (Lipinski definition) is 6. The molecule has 3 atom stereocenters. The van der Waals surface area contributed by atoms with Gasteiger partial charge in [0.15, 0.2) is 16.9 Å². The minimum Gasteiger partial charge on any atom is -0.481 e. The molecule has 1 saturated heterocycles. The Morgan fingerprint density at radius 3 is 2.18 bits per heavy atom. The summed E-state index contributed by atoms with van der Waals surface area (Å²) in [4.78, 5) is 69.8. The molecule has 2 amide bonds. The molecule has 204 valence electrons. The van der Waals surface area contributed by atoms with Crippen molar-refractivity contribution < 1.29 is 34.2 Å². The number of carbonyl (C=O) groups excluding carboxylic acids is 3. The van der Waals surface area contributed by atoms with Gasteiger partial charge in [-0.25, -0.2) is 14.7 Å². The molecule has 3 rings (SSSR count). The zero-order valence-electron chi connectivity index (χ0n) is 20.5. The first-order chi connectivity index (χ1) is 18.3. The molecule has 1 fully saturated rings. The van der Waals surface area contributed by atoms with E-state index in [0.717, 1.165) is 6.92 Å². The summed E-state index contributed by atoms with van der Waals surface area (Å²) in [7, 11) is 0. The molecule has 9 N–H and O–H groups in total. The first kappa shape index (κ1) is 28.7. The number of ketones is 1. The Hall–Kier alpha value is -4.89. The van der Waals surface area contributed by atoms with E-state index < -0.39 is 58.8 Å². The molecule has 1 unspecified atom stereocenters. The van der Waals surface area contributed by atoms with E-state index in [0.29, 0.717) is 21.1 Å². The summed E-state index contributed by atoms with van der Waals surface area (Å²) in [6, 6.07) is 10.0. The summed E-state index contributed by atoms with van der Waals surface area (Å²) in [6.07, 6.45) is -0.878. The van der Waals surface area contributed by atoms with Gasteiger partial charge in [0, 0.05) is 5.69 Å². The second kappa shape index (κ2) is 11.2. The van der Waals surface area contributed by atoms with Crippen LogP contribution in [0.3, 0.4) is 0 Å². The van der Waals surface area contributed by atoms with Gasteiger partial charge >= 0.3 is 11.9 Å². The van der Waals surface area contributed by atoms with Crippen LogP contribution in [0.2, 0.25) is 0 Å². The van der Waals surface area contributed by atoms with Gasteiger partial charge in [0.05, 0.1) is 18.2 Å². The van der Waals surface area contributed by atoms with Crippen LogP contribution in [0, 0.1) is 0 Å². The number of nitrogens with two attached hydrogens (primary N) is 3. The molecule has 0 spiro atoms. The van der Waals surface area contributed by atoms with Gasteiger partial charge in [-0.15, -0.1) is 0 Å². The number of thiocarbonyl (C=S) groups is 1. The van der Waals surface area contributed by atoms with E-state index in [2.05, 4.69) is 10.3 Å². The minimum absolute atomic E-state index is 0.137. The number of aliphatic carboxylic acids is 2. The second-order valence-electron chi connectivity index (χ2n) is 8.43. The Labute approximate surface area is 227 Å². The van der Waals surface area contributed by atoms with E-state index in [1.165, 1.54) is 48.5 Å². The van der Waals surface area contributed by atoms with Gasteiger partial charge in [-0.1, -0.05) is 30.3 Å². The van der Waals surface area contributed by atoms with Crippen LogP contribution in [-0.2, 0) is 24.0 Å². The number of aliphatic imine (C=N–C) groups is 1. The van der Waals surface area contributed by atoms with Gasteiger partial charge in [-0.2, -0.15) is 0 Å². The Morgan fingerprint density at radius 2 is 1.69 bits per heavy atom. The van der Waals surface area contributed by atoms with Crippen LogP contribution < -0.4 is 27.4 Å². The van der Waals surface area contributed by atoms with Crippen molar-refractivity contribution in [3.63, 3.8) is 0 Å². The van der Waals surface area contributed by atoms with Gasteiger partial charge in [-0.05, 0) is 49.0 Å². The van der Waals surface area contributed by atoms with Crippen LogP contribution >= 0.6 is 12.2 Å². The Balaban J connectivity index is 2.20. The first-order valence-corrected chi connectivity index (χ1v) is 11.7. The molecule has 2 aromatic rings. The van der Waals surface area contributed by atoms with Crippen molar-refractivity contribution in [2.75, 3.05) is 4.90 Å². The average molecular weight is 556 g/mol. The van der Waals surface area contributed by atoms with Crippen molar-refractivity contribution in [2.24, 2.45) is 22.2 Å². The van der Waals surface area contributed by atoms with Crippen LogP contribution in [0.15, 0.2) is 59.6 Å². The van der Waals surface area contributed by atoms with Crippen LogP contribution in [0.4, 0.5) is 11.4 Å². The minimum atomic E-state index is -3.05. The molecule has 0 aliphatic carbocycles. The third-order valence-corrected chi connectivity index (χ3v) is 6.11. The van der Waals surface area contributed by atoms with Crippen LogP contribution in [0.25, 0.3) is 0 Å². The highest BCUT2D eigenvalue weighted by atomic mass is 32.1. The first-order valence-electron chi connectivity index (χ1n) is 11.3. The van der Waals surface area contributed by atoms with E-state index >= 15 is 0 Å². The van der Waals surface area contributed by atoms with E-state index in [1.807, 2.05) is 0 Å². The molecule has 1 heterocycles. The van der Waals surface area contributed by atoms with Crippen LogP contribution in [-0.4, -0.2) is 67.4 Å². The third-order valence-electron chi connectivity index (χ3n) is 5.81. The number of amides is 2. The summed E-state index contributed by atoms with van der Waals surface area (Å²) in [6.45, 7) is 0.868. The van der Waals surface area contributed by atoms with Gasteiger partial charge in [-0.3, -0.25) is 24.1 Å². The van der Waals surface area contributed by atoms with E-state index in [9.17, 15) is 34.2 Å². The number of nitrogens with one attached hydrogen (secondary N) is 1. The smallest absolute Gasteiger partial charge is 0.360 e. The highest BCUT2D eigenvalue weighted by Gasteiger charge is 2.63. The quantitative estimate of drug-likeness (QED) is 0.0947. The largest absolute Gasteiger partial charge is 0.481 e. The topological polar surface area (TPSA) is 235 Å². The lowest BCUT2D eigenvalue weighted by molar-refractivity contribution is -0.160. The summed E-state index contributed by atoms with van der Waals surface area (Å²) < 4.78 is 0. The summed E-state index contributed by atoms with van der Waals surface area (Å²) >= 11 is 5.32. The maximum absolute atomic E-state index is 13.8. The maximum atomic E-state index is 13.8. The monoisotopic (exact) mass is 555 g/mol. The average Bonchev–Trinajstić information content (AvgIpc) is 3.15. The van der Waals surface area contributed by atoms with Crippen LogP contribution in [0.1, 0.15) is 24.9 Å². The van der Waals surface area contributed by atoms with Crippen molar-refractivity contribution >= 4 is 64.2 Å². The Kier molecular flexibility index (Phi) is 8.27. The second-order valence-corrected chi connectivity index (χ2v) is 8.82. The third kappa shape index (κ3) is 5.39. The molecule has 0 radical (unpaired) electrons. The molecule has 1 aliphatic rings. The Bertz CT molecular complexity index is 1350. The molecule has 39 heavy (non-hydrogen) atoms. The number of carboxylic acid groups (broad SMARTS) is 2. The Morgan fingerprint density at radius 1 is 1.10 bits per heavy atom.